The number of imidazole rings is 1. The van der Waals surface area contributed by atoms with E-state index >= 15 is 0 Å². The van der Waals surface area contributed by atoms with Crippen LogP contribution in [-0.2, 0) is 22.5 Å². The summed E-state index contributed by atoms with van der Waals surface area (Å²) in [4.78, 5) is 17.1. The highest BCUT2D eigenvalue weighted by molar-refractivity contribution is 5.86. The Bertz CT molecular complexity index is 598. The summed E-state index contributed by atoms with van der Waals surface area (Å²) in [6.45, 7) is 7.46. The van der Waals surface area contributed by atoms with Crippen molar-refractivity contribution in [2.75, 3.05) is 6.61 Å². The van der Waals surface area contributed by atoms with Crippen molar-refractivity contribution in [1.82, 2.24) is 9.55 Å². The number of hydrogen-bond acceptors (Lipinski definition) is 3. The maximum atomic E-state index is 12.5. The number of Topliss-reactive ketones (excluding diaryl/α,β-unsaturated/α-hetero) is 1. The predicted octanol–water partition coefficient (Wildman–Crippen LogP) is 3.37. The van der Waals surface area contributed by atoms with Crippen molar-refractivity contribution in [2.45, 2.75) is 52.7 Å². The fourth-order valence-electron chi connectivity index (χ4n) is 2.68. The van der Waals surface area contributed by atoms with Gasteiger partial charge in [-0.25, -0.2) is 4.98 Å². The topological polar surface area (TPSA) is 44.1 Å². The number of para-hydroxylation sites is 2. The fraction of sp³-hybridized carbons (Fsp3) is 0.529. The van der Waals surface area contributed by atoms with Crippen LogP contribution in [0.25, 0.3) is 11.0 Å². The highest BCUT2D eigenvalue weighted by atomic mass is 16.5. The average molecular weight is 288 g/mol. The third-order valence-corrected chi connectivity index (χ3v) is 3.66. The third-order valence-electron chi connectivity index (χ3n) is 3.66. The van der Waals surface area contributed by atoms with Crippen LogP contribution >= 0.6 is 0 Å². The molecule has 0 radical (unpaired) electrons. The van der Waals surface area contributed by atoms with E-state index in [1.165, 1.54) is 0 Å². The number of ketones is 1. The first kappa shape index (κ1) is 15.7. The molecule has 1 unspecified atom stereocenters. The van der Waals surface area contributed by atoms with Crippen LogP contribution in [0.4, 0.5) is 0 Å². The molecule has 0 aliphatic heterocycles. The molecule has 0 spiro atoms. The molecule has 4 heteroatoms. The zero-order valence-electron chi connectivity index (χ0n) is 13.1. The molecule has 0 saturated heterocycles. The highest BCUT2D eigenvalue weighted by Crippen LogP contribution is 2.17. The second-order valence-electron chi connectivity index (χ2n) is 5.14. The first-order valence-electron chi connectivity index (χ1n) is 7.79. The van der Waals surface area contributed by atoms with Crippen LogP contribution in [0.3, 0.4) is 0 Å². The van der Waals surface area contributed by atoms with Crippen molar-refractivity contribution in [3.8, 4) is 0 Å². The van der Waals surface area contributed by atoms with Gasteiger partial charge in [-0.3, -0.25) is 4.79 Å². The monoisotopic (exact) mass is 288 g/mol. The van der Waals surface area contributed by atoms with Crippen molar-refractivity contribution in [2.24, 2.45) is 0 Å². The molecule has 0 aliphatic rings. The minimum absolute atomic E-state index is 0.128. The Morgan fingerprint density at radius 2 is 2.05 bits per heavy atom. The van der Waals surface area contributed by atoms with E-state index in [2.05, 4.69) is 23.4 Å². The molecule has 1 aromatic heterocycles. The highest BCUT2D eigenvalue weighted by Gasteiger charge is 2.21. The van der Waals surface area contributed by atoms with Crippen molar-refractivity contribution in [1.29, 1.82) is 0 Å². The molecule has 2 rings (SSSR count). The number of rotatable bonds is 8. The van der Waals surface area contributed by atoms with Crippen LogP contribution in [0.5, 0.6) is 0 Å². The lowest BCUT2D eigenvalue weighted by atomic mass is 10.1. The summed E-state index contributed by atoms with van der Waals surface area (Å²) >= 11 is 0. The molecule has 2 aromatic rings. The van der Waals surface area contributed by atoms with Gasteiger partial charge in [-0.15, -0.1) is 0 Å². The summed E-state index contributed by atoms with van der Waals surface area (Å²) < 4.78 is 7.69. The summed E-state index contributed by atoms with van der Waals surface area (Å²) in [6, 6.07) is 8.01. The third kappa shape index (κ3) is 3.50. The maximum absolute atomic E-state index is 12.5. The van der Waals surface area contributed by atoms with Gasteiger partial charge in [0.15, 0.2) is 5.78 Å². The van der Waals surface area contributed by atoms with Gasteiger partial charge in [-0.2, -0.15) is 0 Å². The van der Waals surface area contributed by atoms with Crippen LogP contribution in [0.1, 0.15) is 39.4 Å². The summed E-state index contributed by atoms with van der Waals surface area (Å²) in [5.41, 5.74) is 2.04. The number of aryl methyl sites for hydroxylation is 1. The van der Waals surface area contributed by atoms with Gasteiger partial charge >= 0.3 is 0 Å². The van der Waals surface area contributed by atoms with Gasteiger partial charge in [0.25, 0.3) is 0 Å². The van der Waals surface area contributed by atoms with Gasteiger partial charge in [0.2, 0.25) is 0 Å². The maximum Gasteiger partial charge on any atom is 0.169 e. The number of ether oxygens (including phenoxy) is 1. The van der Waals surface area contributed by atoms with Gasteiger partial charge in [0.1, 0.15) is 11.9 Å². The molecule has 0 bridgehead atoms. The molecule has 21 heavy (non-hydrogen) atoms. The van der Waals surface area contributed by atoms with E-state index in [-0.39, 0.29) is 11.9 Å². The van der Waals surface area contributed by atoms with Crippen molar-refractivity contribution in [3.05, 3.63) is 30.1 Å². The zero-order valence-corrected chi connectivity index (χ0v) is 13.1. The van der Waals surface area contributed by atoms with E-state index in [1.54, 1.807) is 0 Å². The number of hydrogen-bond donors (Lipinski definition) is 0. The SMILES string of the molecule is CCCC(OCC)C(=O)Cc1nc2ccccc2n1CC. The lowest BCUT2D eigenvalue weighted by molar-refractivity contribution is -0.130. The molecule has 0 amide bonds. The number of benzene rings is 1. The largest absolute Gasteiger partial charge is 0.371 e. The molecule has 0 aliphatic carbocycles. The van der Waals surface area contributed by atoms with E-state index in [0.717, 1.165) is 36.2 Å². The fourth-order valence-corrected chi connectivity index (χ4v) is 2.68. The molecule has 0 N–H and O–H groups in total. The summed E-state index contributed by atoms with van der Waals surface area (Å²) in [5.74, 6) is 0.966. The molecule has 1 heterocycles. The van der Waals surface area contributed by atoms with Crippen LogP contribution in [-0.4, -0.2) is 28.0 Å². The number of carbonyl (C=O) groups excluding carboxylic acids is 1. The standard InChI is InChI=1S/C17H24N2O2/c1-4-9-16(21-6-3)15(20)12-17-18-13-10-7-8-11-14(13)19(17)5-2/h7-8,10-11,16H,4-6,9,12H2,1-3H3. The number of carbonyl (C=O) groups is 1. The molecular weight excluding hydrogens is 264 g/mol. The normalized spacial score (nSPS) is 12.7. The molecule has 0 saturated carbocycles. The van der Waals surface area contributed by atoms with Crippen LogP contribution in [0, 0.1) is 0 Å². The molecule has 1 atom stereocenters. The van der Waals surface area contributed by atoms with E-state index in [9.17, 15) is 4.79 Å². The summed E-state index contributed by atoms with van der Waals surface area (Å²) in [6.07, 6.45) is 1.76. The Balaban J connectivity index is 2.23. The summed E-state index contributed by atoms with van der Waals surface area (Å²) in [7, 11) is 0. The Hall–Kier alpha value is -1.68. The first-order valence-corrected chi connectivity index (χ1v) is 7.79. The lowest BCUT2D eigenvalue weighted by Gasteiger charge is -2.15. The number of aromatic nitrogens is 2. The van der Waals surface area contributed by atoms with Gasteiger partial charge < -0.3 is 9.30 Å². The molecule has 0 fully saturated rings. The Morgan fingerprint density at radius 3 is 2.71 bits per heavy atom. The Kier molecular flexibility index (Phi) is 5.51. The minimum atomic E-state index is -0.301. The van der Waals surface area contributed by atoms with Gasteiger partial charge in [-0.05, 0) is 32.4 Å². The van der Waals surface area contributed by atoms with Gasteiger partial charge in [0.05, 0.1) is 17.5 Å². The van der Waals surface area contributed by atoms with E-state index in [4.69, 9.17) is 4.74 Å². The molecule has 1 aromatic carbocycles. The quantitative estimate of drug-likeness (QED) is 0.748. The Labute approximate surface area is 126 Å². The molecule has 114 valence electrons. The second-order valence-corrected chi connectivity index (χ2v) is 5.14. The zero-order chi connectivity index (χ0) is 15.2. The number of fused-ring (bicyclic) bond motifs is 1. The van der Waals surface area contributed by atoms with Gasteiger partial charge in [0, 0.05) is 13.2 Å². The number of nitrogens with zero attached hydrogens (tertiary/aromatic N) is 2. The smallest absolute Gasteiger partial charge is 0.169 e. The van der Waals surface area contributed by atoms with Crippen molar-refractivity contribution >= 4 is 16.8 Å². The predicted molar refractivity (Wildman–Crippen MR) is 84.4 cm³/mol. The van der Waals surface area contributed by atoms with Crippen molar-refractivity contribution < 1.29 is 9.53 Å². The lowest BCUT2D eigenvalue weighted by Crippen LogP contribution is -2.27. The van der Waals surface area contributed by atoms with E-state index in [0.29, 0.717) is 13.0 Å². The molecular formula is C17H24N2O2. The van der Waals surface area contributed by atoms with Gasteiger partial charge in [-0.1, -0.05) is 25.5 Å². The second kappa shape index (κ2) is 7.36. The van der Waals surface area contributed by atoms with E-state index in [1.807, 2.05) is 31.2 Å². The van der Waals surface area contributed by atoms with Crippen LogP contribution < -0.4 is 0 Å². The minimum Gasteiger partial charge on any atom is -0.371 e. The first-order chi connectivity index (χ1) is 10.2. The van der Waals surface area contributed by atoms with Crippen molar-refractivity contribution in [3.63, 3.8) is 0 Å². The van der Waals surface area contributed by atoms with Crippen LogP contribution in [0.15, 0.2) is 24.3 Å². The molecule has 4 nitrogen and oxygen atoms in total. The van der Waals surface area contributed by atoms with E-state index < -0.39 is 0 Å². The summed E-state index contributed by atoms with van der Waals surface area (Å²) in [5, 5.41) is 0. The van der Waals surface area contributed by atoms with Crippen LogP contribution in [0.2, 0.25) is 0 Å². The average Bonchev–Trinajstić information content (AvgIpc) is 2.83. The Morgan fingerprint density at radius 1 is 1.29 bits per heavy atom.